The van der Waals surface area contributed by atoms with Gasteiger partial charge in [-0.2, -0.15) is 0 Å². The molecule has 0 radical (unpaired) electrons. The van der Waals surface area contributed by atoms with Crippen LogP contribution in [0.1, 0.15) is 30.9 Å². The number of rotatable bonds is 9. The maximum absolute atomic E-state index is 5.82. The molecular formula is C19H23BrO3. The highest BCUT2D eigenvalue weighted by molar-refractivity contribution is 9.10. The molecule has 124 valence electrons. The van der Waals surface area contributed by atoms with Gasteiger partial charge in [0.05, 0.1) is 6.61 Å². The molecule has 23 heavy (non-hydrogen) atoms. The lowest BCUT2D eigenvalue weighted by atomic mass is 10.2. The summed E-state index contributed by atoms with van der Waals surface area (Å²) in [6.07, 6.45) is 1.78. The Balaban J connectivity index is 1.89. The molecule has 0 aliphatic heterocycles. The van der Waals surface area contributed by atoms with Gasteiger partial charge < -0.3 is 14.2 Å². The van der Waals surface area contributed by atoms with E-state index in [4.69, 9.17) is 14.2 Å². The maximum atomic E-state index is 5.82. The van der Waals surface area contributed by atoms with Crippen molar-refractivity contribution in [3.05, 3.63) is 64.1 Å². The molecule has 0 amide bonds. The topological polar surface area (TPSA) is 27.7 Å². The quantitative estimate of drug-likeness (QED) is 0.552. The van der Waals surface area contributed by atoms with Crippen LogP contribution in [0.25, 0.3) is 0 Å². The molecular weight excluding hydrogens is 356 g/mol. The molecule has 0 saturated carbocycles. The number of ether oxygens (including phenoxy) is 3. The smallest absolute Gasteiger partial charge is 0.157 e. The molecule has 0 fully saturated rings. The SMILES string of the molecule is CCCC(OC)OCc1ccc(OCc2ccccc2)cc1Br. The highest BCUT2D eigenvalue weighted by atomic mass is 79.9. The Kier molecular flexibility index (Phi) is 7.59. The van der Waals surface area contributed by atoms with Gasteiger partial charge in [0.15, 0.2) is 6.29 Å². The second-order valence-electron chi connectivity index (χ2n) is 5.29. The summed E-state index contributed by atoms with van der Waals surface area (Å²) in [6, 6.07) is 16.1. The molecule has 1 unspecified atom stereocenters. The predicted molar refractivity (Wildman–Crippen MR) is 95.4 cm³/mol. The molecule has 0 heterocycles. The van der Waals surface area contributed by atoms with Crippen molar-refractivity contribution in [2.45, 2.75) is 39.3 Å². The first-order chi connectivity index (χ1) is 11.2. The Bertz CT molecular complexity index is 586. The van der Waals surface area contributed by atoms with E-state index in [-0.39, 0.29) is 6.29 Å². The zero-order valence-electron chi connectivity index (χ0n) is 13.6. The Labute approximate surface area is 146 Å². The number of methoxy groups -OCH3 is 1. The molecule has 0 spiro atoms. The van der Waals surface area contributed by atoms with Crippen molar-refractivity contribution < 1.29 is 14.2 Å². The molecule has 4 heteroatoms. The lowest BCUT2D eigenvalue weighted by Crippen LogP contribution is -2.14. The van der Waals surface area contributed by atoms with Crippen LogP contribution in [-0.2, 0) is 22.7 Å². The van der Waals surface area contributed by atoms with E-state index in [0.29, 0.717) is 13.2 Å². The number of hydrogen-bond acceptors (Lipinski definition) is 3. The van der Waals surface area contributed by atoms with Crippen molar-refractivity contribution in [2.75, 3.05) is 7.11 Å². The van der Waals surface area contributed by atoms with E-state index in [0.717, 1.165) is 34.2 Å². The lowest BCUT2D eigenvalue weighted by molar-refractivity contribution is -0.135. The van der Waals surface area contributed by atoms with Crippen molar-refractivity contribution in [2.24, 2.45) is 0 Å². The Hall–Kier alpha value is -1.36. The Morgan fingerprint density at radius 3 is 2.48 bits per heavy atom. The summed E-state index contributed by atoms with van der Waals surface area (Å²) in [7, 11) is 1.68. The van der Waals surface area contributed by atoms with E-state index in [1.165, 1.54) is 0 Å². The summed E-state index contributed by atoms with van der Waals surface area (Å²) in [6.45, 7) is 3.19. The minimum absolute atomic E-state index is 0.152. The van der Waals surface area contributed by atoms with E-state index in [1.54, 1.807) is 7.11 Å². The average Bonchev–Trinajstić information content (AvgIpc) is 2.59. The summed E-state index contributed by atoms with van der Waals surface area (Å²) < 4.78 is 17.9. The highest BCUT2D eigenvalue weighted by Crippen LogP contribution is 2.25. The second kappa shape index (κ2) is 9.71. The fraction of sp³-hybridized carbons (Fsp3) is 0.368. The summed E-state index contributed by atoms with van der Waals surface area (Å²) in [5, 5.41) is 0. The Morgan fingerprint density at radius 2 is 1.83 bits per heavy atom. The van der Waals surface area contributed by atoms with Crippen LogP contribution in [0.15, 0.2) is 53.0 Å². The summed E-state index contributed by atoms with van der Waals surface area (Å²) >= 11 is 3.58. The van der Waals surface area contributed by atoms with Crippen LogP contribution in [0.5, 0.6) is 5.75 Å². The van der Waals surface area contributed by atoms with Crippen LogP contribution in [0.3, 0.4) is 0 Å². The van der Waals surface area contributed by atoms with Crippen LogP contribution in [0.4, 0.5) is 0 Å². The molecule has 2 rings (SSSR count). The normalized spacial score (nSPS) is 12.1. The minimum atomic E-state index is -0.152. The van der Waals surface area contributed by atoms with Gasteiger partial charge in [-0.3, -0.25) is 0 Å². The summed E-state index contributed by atoms with van der Waals surface area (Å²) in [5.74, 6) is 0.835. The van der Waals surface area contributed by atoms with E-state index in [9.17, 15) is 0 Å². The van der Waals surface area contributed by atoms with Gasteiger partial charge in [0.25, 0.3) is 0 Å². The zero-order valence-corrected chi connectivity index (χ0v) is 15.2. The monoisotopic (exact) mass is 378 g/mol. The first kappa shape index (κ1) is 18.0. The summed E-state index contributed by atoms with van der Waals surface area (Å²) in [5.41, 5.74) is 2.23. The molecule has 2 aromatic rings. The van der Waals surface area contributed by atoms with Gasteiger partial charge in [0.2, 0.25) is 0 Å². The van der Waals surface area contributed by atoms with Crippen molar-refractivity contribution in [3.63, 3.8) is 0 Å². The number of halogens is 1. The fourth-order valence-electron chi connectivity index (χ4n) is 2.16. The molecule has 0 bridgehead atoms. The third-order valence-corrected chi connectivity index (χ3v) is 4.22. The van der Waals surface area contributed by atoms with E-state index < -0.39 is 0 Å². The number of benzene rings is 2. The van der Waals surface area contributed by atoms with Gasteiger partial charge in [0, 0.05) is 11.6 Å². The maximum Gasteiger partial charge on any atom is 0.157 e. The van der Waals surface area contributed by atoms with Crippen molar-refractivity contribution in [1.29, 1.82) is 0 Å². The van der Waals surface area contributed by atoms with E-state index >= 15 is 0 Å². The van der Waals surface area contributed by atoms with Crippen LogP contribution in [-0.4, -0.2) is 13.4 Å². The molecule has 0 N–H and O–H groups in total. The van der Waals surface area contributed by atoms with E-state index in [1.807, 2.05) is 36.4 Å². The van der Waals surface area contributed by atoms with Gasteiger partial charge in [0.1, 0.15) is 12.4 Å². The molecule has 0 aliphatic carbocycles. The van der Waals surface area contributed by atoms with Gasteiger partial charge in [-0.05, 0) is 29.7 Å². The average molecular weight is 379 g/mol. The standard InChI is InChI=1S/C19H23BrO3/c1-3-7-19(21-2)23-14-16-10-11-17(12-18(16)20)22-13-15-8-5-4-6-9-15/h4-6,8-12,19H,3,7,13-14H2,1-2H3. The largest absolute Gasteiger partial charge is 0.489 e. The molecule has 0 aromatic heterocycles. The van der Waals surface area contributed by atoms with Crippen LogP contribution >= 0.6 is 15.9 Å². The second-order valence-corrected chi connectivity index (χ2v) is 6.15. The summed E-state index contributed by atoms with van der Waals surface area (Å²) in [4.78, 5) is 0. The first-order valence-electron chi connectivity index (χ1n) is 7.82. The molecule has 0 saturated heterocycles. The minimum Gasteiger partial charge on any atom is -0.489 e. The lowest BCUT2D eigenvalue weighted by Gasteiger charge is -2.16. The number of hydrogen-bond donors (Lipinski definition) is 0. The molecule has 3 nitrogen and oxygen atoms in total. The zero-order chi connectivity index (χ0) is 16.5. The van der Waals surface area contributed by atoms with Gasteiger partial charge >= 0.3 is 0 Å². The fourth-order valence-corrected chi connectivity index (χ4v) is 2.64. The van der Waals surface area contributed by atoms with Gasteiger partial charge in [-0.1, -0.05) is 65.7 Å². The van der Waals surface area contributed by atoms with Crippen LogP contribution < -0.4 is 4.74 Å². The van der Waals surface area contributed by atoms with Crippen LogP contribution in [0.2, 0.25) is 0 Å². The van der Waals surface area contributed by atoms with E-state index in [2.05, 4.69) is 35.0 Å². The van der Waals surface area contributed by atoms with Crippen molar-refractivity contribution in [3.8, 4) is 5.75 Å². The van der Waals surface area contributed by atoms with Crippen molar-refractivity contribution >= 4 is 15.9 Å². The predicted octanol–water partition coefficient (Wildman–Crippen LogP) is 5.32. The first-order valence-corrected chi connectivity index (χ1v) is 8.61. The molecule has 1 atom stereocenters. The van der Waals surface area contributed by atoms with Crippen molar-refractivity contribution in [1.82, 2.24) is 0 Å². The molecule has 0 aliphatic rings. The third kappa shape index (κ3) is 5.98. The Morgan fingerprint density at radius 1 is 1.04 bits per heavy atom. The molecule has 2 aromatic carbocycles. The van der Waals surface area contributed by atoms with Gasteiger partial charge in [-0.25, -0.2) is 0 Å². The van der Waals surface area contributed by atoms with Gasteiger partial charge in [-0.15, -0.1) is 0 Å². The highest BCUT2D eigenvalue weighted by Gasteiger charge is 2.09. The third-order valence-electron chi connectivity index (χ3n) is 3.48. The van der Waals surface area contributed by atoms with Crippen LogP contribution in [0, 0.1) is 0 Å².